The molecule has 0 amide bonds. The fourth-order valence-electron chi connectivity index (χ4n) is 3.30. The predicted octanol–water partition coefficient (Wildman–Crippen LogP) is 0.807. The first-order valence-electron chi connectivity index (χ1n) is 8.02. The van der Waals surface area contributed by atoms with Gasteiger partial charge >= 0.3 is 17.9 Å². The molecule has 0 radical (unpaired) electrons. The summed E-state index contributed by atoms with van der Waals surface area (Å²) < 4.78 is 21.0. The van der Waals surface area contributed by atoms with Crippen molar-refractivity contribution in [3.8, 4) is 0 Å². The Morgan fingerprint density at radius 3 is 2.08 bits per heavy atom. The summed E-state index contributed by atoms with van der Waals surface area (Å²) in [5.41, 5.74) is -4.68. The first kappa shape index (κ1) is 18.4. The van der Waals surface area contributed by atoms with E-state index in [-0.39, 0.29) is 32.0 Å². The van der Waals surface area contributed by atoms with Gasteiger partial charge in [0.25, 0.3) is 5.60 Å². The SMILES string of the molecule is CCOC(=O)C1=N[C@@]2(C(=O)OCC)CC(C)(C)O[C@@]12C(=O)OCC. The van der Waals surface area contributed by atoms with E-state index in [0.717, 1.165) is 0 Å². The van der Waals surface area contributed by atoms with Gasteiger partial charge in [0, 0.05) is 6.42 Å². The van der Waals surface area contributed by atoms with Crippen LogP contribution in [0, 0.1) is 0 Å². The van der Waals surface area contributed by atoms with Crippen LogP contribution in [-0.4, -0.2) is 60.2 Å². The molecule has 0 aromatic rings. The third-order valence-electron chi connectivity index (χ3n) is 3.97. The van der Waals surface area contributed by atoms with Crippen LogP contribution in [0.15, 0.2) is 4.99 Å². The lowest BCUT2D eigenvalue weighted by molar-refractivity contribution is -0.181. The maximum Gasteiger partial charge on any atom is 0.356 e. The van der Waals surface area contributed by atoms with Crippen molar-refractivity contribution in [3.63, 3.8) is 0 Å². The summed E-state index contributed by atoms with van der Waals surface area (Å²) in [5, 5.41) is 0. The number of fused-ring (bicyclic) bond motifs is 1. The molecule has 0 aromatic heterocycles. The molecule has 2 aliphatic rings. The first-order chi connectivity index (χ1) is 11.2. The van der Waals surface area contributed by atoms with Crippen molar-refractivity contribution in [2.24, 2.45) is 4.99 Å². The molecule has 134 valence electrons. The summed E-state index contributed by atoms with van der Waals surface area (Å²) in [6.45, 7) is 8.62. The maximum absolute atomic E-state index is 12.7. The van der Waals surface area contributed by atoms with Crippen LogP contribution < -0.4 is 0 Å². The van der Waals surface area contributed by atoms with E-state index in [1.54, 1.807) is 34.6 Å². The molecule has 2 rings (SSSR count). The van der Waals surface area contributed by atoms with Crippen molar-refractivity contribution in [2.45, 2.75) is 57.8 Å². The molecule has 1 saturated heterocycles. The third kappa shape index (κ3) is 2.40. The van der Waals surface area contributed by atoms with Gasteiger partial charge in [-0.1, -0.05) is 0 Å². The summed E-state index contributed by atoms with van der Waals surface area (Å²) in [7, 11) is 0. The fourth-order valence-corrected chi connectivity index (χ4v) is 3.30. The molecular formula is C16H23NO7. The highest BCUT2D eigenvalue weighted by Gasteiger charge is 2.81. The van der Waals surface area contributed by atoms with Crippen LogP contribution in [0.1, 0.15) is 41.0 Å². The van der Waals surface area contributed by atoms with E-state index in [1.165, 1.54) is 0 Å². The van der Waals surface area contributed by atoms with Crippen molar-refractivity contribution in [1.29, 1.82) is 0 Å². The van der Waals surface area contributed by atoms with E-state index in [2.05, 4.69) is 4.99 Å². The number of carbonyl (C=O) groups excluding carboxylic acids is 3. The lowest BCUT2D eigenvalue weighted by Gasteiger charge is -2.44. The number of hydrogen-bond acceptors (Lipinski definition) is 8. The third-order valence-corrected chi connectivity index (χ3v) is 3.97. The molecule has 2 aliphatic heterocycles. The smallest absolute Gasteiger partial charge is 0.356 e. The van der Waals surface area contributed by atoms with E-state index in [9.17, 15) is 14.4 Å². The van der Waals surface area contributed by atoms with E-state index < -0.39 is 34.6 Å². The van der Waals surface area contributed by atoms with Gasteiger partial charge in [0.1, 0.15) is 0 Å². The second kappa shape index (κ2) is 6.16. The summed E-state index contributed by atoms with van der Waals surface area (Å²) in [6, 6.07) is 0. The Morgan fingerprint density at radius 2 is 1.54 bits per heavy atom. The van der Waals surface area contributed by atoms with Crippen molar-refractivity contribution >= 4 is 23.6 Å². The monoisotopic (exact) mass is 341 g/mol. The molecule has 2 heterocycles. The zero-order chi connectivity index (χ0) is 18.2. The molecule has 8 nitrogen and oxygen atoms in total. The lowest BCUT2D eigenvalue weighted by atomic mass is 9.69. The van der Waals surface area contributed by atoms with Gasteiger partial charge in [-0.2, -0.15) is 0 Å². The van der Waals surface area contributed by atoms with E-state index in [4.69, 9.17) is 18.9 Å². The predicted molar refractivity (Wildman–Crippen MR) is 82.6 cm³/mol. The molecule has 0 unspecified atom stereocenters. The average Bonchev–Trinajstić information content (AvgIpc) is 2.67. The Bertz CT molecular complexity index is 597. The van der Waals surface area contributed by atoms with Gasteiger partial charge < -0.3 is 18.9 Å². The Kier molecular flexibility index (Phi) is 4.72. The number of nitrogens with zero attached hydrogens (tertiary/aromatic N) is 1. The zero-order valence-corrected chi connectivity index (χ0v) is 14.6. The van der Waals surface area contributed by atoms with E-state index in [0.29, 0.717) is 0 Å². The standard InChI is InChI=1S/C16H23NO7/c1-6-21-11(18)10-16(13(20)23-8-3)15(17-10,12(19)22-7-2)9-14(4,5)24-16/h6-9H2,1-5H3/t15-,16-/m1/s1. The van der Waals surface area contributed by atoms with Gasteiger partial charge in [0.05, 0.1) is 25.4 Å². The summed E-state index contributed by atoms with van der Waals surface area (Å²) in [6.07, 6.45) is 0.0978. The Balaban J connectivity index is 2.57. The van der Waals surface area contributed by atoms with E-state index >= 15 is 0 Å². The minimum absolute atomic E-state index is 0.0688. The molecule has 2 atom stereocenters. The van der Waals surface area contributed by atoms with Crippen LogP contribution in [0.3, 0.4) is 0 Å². The Morgan fingerprint density at radius 1 is 1.00 bits per heavy atom. The average molecular weight is 341 g/mol. The van der Waals surface area contributed by atoms with Crippen molar-refractivity contribution in [3.05, 3.63) is 0 Å². The Hall–Kier alpha value is -1.96. The fraction of sp³-hybridized carbons (Fsp3) is 0.750. The molecule has 0 N–H and O–H groups in total. The molecule has 0 aromatic carbocycles. The molecule has 0 saturated carbocycles. The minimum atomic E-state index is -1.93. The van der Waals surface area contributed by atoms with Crippen LogP contribution in [0.4, 0.5) is 0 Å². The van der Waals surface area contributed by atoms with Gasteiger partial charge in [-0.25, -0.2) is 14.4 Å². The van der Waals surface area contributed by atoms with Gasteiger partial charge in [-0.15, -0.1) is 0 Å². The molecule has 0 aliphatic carbocycles. The van der Waals surface area contributed by atoms with Crippen molar-refractivity contribution < 1.29 is 33.3 Å². The first-order valence-corrected chi connectivity index (χ1v) is 8.02. The summed E-state index contributed by atoms with van der Waals surface area (Å²) in [4.78, 5) is 41.7. The number of ether oxygens (including phenoxy) is 4. The molecule has 0 spiro atoms. The van der Waals surface area contributed by atoms with Gasteiger partial charge in [0.15, 0.2) is 5.71 Å². The highest BCUT2D eigenvalue weighted by Crippen LogP contribution is 2.55. The van der Waals surface area contributed by atoms with Crippen molar-refractivity contribution in [2.75, 3.05) is 19.8 Å². The van der Waals surface area contributed by atoms with Crippen LogP contribution in [0.2, 0.25) is 0 Å². The topological polar surface area (TPSA) is 100 Å². The second-order valence-corrected chi connectivity index (χ2v) is 6.20. The minimum Gasteiger partial charge on any atom is -0.464 e. The zero-order valence-electron chi connectivity index (χ0n) is 14.6. The quantitative estimate of drug-likeness (QED) is 0.520. The van der Waals surface area contributed by atoms with Crippen LogP contribution in [0.5, 0.6) is 0 Å². The molecule has 0 bridgehead atoms. The molecule has 24 heavy (non-hydrogen) atoms. The number of carbonyl (C=O) groups is 3. The number of aliphatic imine (C=N–C) groups is 1. The number of rotatable bonds is 6. The molecular weight excluding hydrogens is 318 g/mol. The summed E-state index contributed by atoms with van der Waals surface area (Å²) in [5.74, 6) is -2.35. The molecule has 1 fully saturated rings. The highest BCUT2D eigenvalue weighted by atomic mass is 16.6. The van der Waals surface area contributed by atoms with Crippen LogP contribution >= 0.6 is 0 Å². The van der Waals surface area contributed by atoms with E-state index in [1.807, 2.05) is 0 Å². The maximum atomic E-state index is 12.7. The highest BCUT2D eigenvalue weighted by molar-refractivity contribution is 6.49. The number of esters is 3. The van der Waals surface area contributed by atoms with Gasteiger partial charge in [-0.05, 0) is 34.6 Å². The van der Waals surface area contributed by atoms with Crippen LogP contribution in [0.25, 0.3) is 0 Å². The molecule has 8 heteroatoms. The second-order valence-electron chi connectivity index (χ2n) is 6.20. The lowest BCUT2D eigenvalue weighted by Crippen LogP contribution is -2.74. The summed E-state index contributed by atoms with van der Waals surface area (Å²) >= 11 is 0. The van der Waals surface area contributed by atoms with Crippen LogP contribution in [-0.2, 0) is 33.3 Å². The van der Waals surface area contributed by atoms with Gasteiger partial charge in [-0.3, -0.25) is 4.99 Å². The Labute approximate surface area is 140 Å². The van der Waals surface area contributed by atoms with Crippen molar-refractivity contribution in [1.82, 2.24) is 0 Å². The normalized spacial score (nSPS) is 29.8. The van der Waals surface area contributed by atoms with Gasteiger partial charge in [0.2, 0.25) is 5.54 Å². The number of hydrogen-bond donors (Lipinski definition) is 0. The largest absolute Gasteiger partial charge is 0.464 e.